The first-order valence-electron chi connectivity index (χ1n) is 24.2. The van der Waals surface area contributed by atoms with Gasteiger partial charge in [0.2, 0.25) is 0 Å². The van der Waals surface area contributed by atoms with E-state index in [4.69, 9.17) is 9.47 Å². The molecule has 6 rings (SSSR count). The van der Waals surface area contributed by atoms with E-state index in [1.807, 2.05) is 32.1 Å². The molecular formula is C54H76N4O6. The number of Topliss-reactive ketones (excluding diaryl/α,β-unsaturated/α-hetero) is 1. The zero-order chi connectivity index (χ0) is 46.4. The average Bonchev–Trinajstić information content (AvgIpc) is 3.99. The number of aromatic nitrogens is 3. The predicted molar refractivity (Wildman–Crippen MR) is 258 cm³/mol. The van der Waals surface area contributed by atoms with Gasteiger partial charge in [-0.3, -0.25) is 14.4 Å². The van der Waals surface area contributed by atoms with Crippen LogP contribution in [-0.4, -0.2) is 57.5 Å². The molecule has 5 heterocycles. The normalized spacial score (nSPS) is 22.4. The number of rotatable bonds is 19. The number of esters is 2. The van der Waals surface area contributed by atoms with Crippen molar-refractivity contribution < 1.29 is 29.0 Å². The number of nitrogens with one attached hydrogen (secondary N) is 4. The van der Waals surface area contributed by atoms with Gasteiger partial charge in [0.05, 0.1) is 30.1 Å². The van der Waals surface area contributed by atoms with Crippen molar-refractivity contribution in [2.75, 3.05) is 13.7 Å². The smallest absolute Gasteiger partial charge is 0.320 e. The zero-order valence-corrected chi connectivity index (χ0v) is 40.6. The van der Waals surface area contributed by atoms with Gasteiger partial charge < -0.3 is 34.8 Å². The van der Waals surface area contributed by atoms with Crippen molar-refractivity contribution in [2.24, 2.45) is 35.5 Å². The number of aliphatic hydroxyl groups excluding tert-OH is 1. The lowest BCUT2D eigenvalue weighted by atomic mass is 9.80. The van der Waals surface area contributed by atoms with Crippen molar-refractivity contribution in [2.45, 2.75) is 152 Å². The van der Waals surface area contributed by atoms with Gasteiger partial charge in [0.1, 0.15) is 12.5 Å². The van der Waals surface area contributed by atoms with E-state index in [0.717, 1.165) is 93.1 Å². The van der Waals surface area contributed by atoms with Crippen molar-refractivity contribution >= 4 is 47.8 Å². The second kappa shape index (κ2) is 21.3. The van der Waals surface area contributed by atoms with Crippen molar-refractivity contribution in [1.82, 2.24) is 20.3 Å². The summed E-state index contributed by atoms with van der Waals surface area (Å²) in [5.41, 5.74) is 9.81. The summed E-state index contributed by atoms with van der Waals surface area (Å²) < 4.78 is 11.1. The Morgan fingerprint density at radius 2 is 1.48 bits per heavy atom. The van der Waals surface area contributed by atoms with Gasteiger partial charge >= 0.3 is 11.9 Å². The Morgan fingerprint density at radius 1 is 0.828 bits per heavy atom. The third kappa shape index (κ3) is 10.6. The molecule has 10 nitrogen and oxygen atoms in total. The number of ketones is 1. The van der Waals surface area contributed by atoms with Gasteiger partial charge in [-0.05, 0) is 129 Å². The van der Waals surface area contributed by atoms with Crippen LogP contribution in [0.1, 0.15) is 169 Å². The van der Waals surface area contributed by atoms with E-state index >= 15 is 0 Å². The molecule has 64 heavy (non-hydrogen) atoms. The molecule has 0 amide bonds. The van der Waals surface area contributed by atoms with E-state index in [9.17, 15) is 19.5 Å². The molecule has 1 fully saturated rings. The van der Waals surface area contributed by atoms with Crippen molar-refractivity contribution in [3.8, 4) is 0 Å². The Kier molecular flexibility index (Phi) is 16.2. The maximum atomic E-state index is 14.4. The van der Waals surface area contributed by atoms with Gasteiger partial charge in [-0.25, -0.2) is 0 Å². The fourth-order valence-electron chi connectivity index (χ4n) is 10.6. The number of ether oxygens (including phenoxy) is 2. The third-order valence-electron chi connectivity index (χ3n) is 14.7. The van der Waals surface area contributed by atoms with E-state index in [-0.39, 0.29) is 36.6 Å². The van der Waals surface area contributed by atoms with Gasteiger partial charge in [0.15, 0.2) is 5.78 Å². The van der Waals surface area contributed by atoms with E-state index < -0.39 is 17.9 Å². The van der Waals surface area contributed by atoms with Gasteiger partial charge in [-0.1, -0.05) is 92.1 Å². The topological polar surface area (TPSA) is 149 Å². The summed E-state index contributed by atoms with van der Waals surface area (Å²) in [6, 6.07) is -0.472. The number of H-pyrrole nitrogens is 3. The summed E-state index contributed by atoms with van der Waals surface area (Å²) >= 11 is 0. The highest BCUT2D eigenvalue weighted by Crippen LogP contribution is 2.42. The summed E-state index contributed by atoms with van der Waals surface area (Å²) in [6.07, 6.45) is 22.0. The van der Waals surface area contributed by atoms with Crippen LogP contribution in [0, 0.1) is 56.3 Å². The van der Waals surface area contributed by atoms with Crippen molar-refractivity contribution in [3.63, 3.8) is 0 Å². The SMILES string of the molecule is CCc1c2[nH]c(c1C)/C=c1\[nH]c(c(C)\c1=C/O)/C=C1\NC(C3=c4[nH]/c(c(C)c4C(=O)[C@@H]3C(=O)OC)=C\2)[C@@H](CCC(=O)OC/C=C(/C)CCC[C@H](C)CCC[C@H](C)CCCC(C)C)[C@@H]1C. The van der Waals surface area contributed by atoms with Gasteiger partial charge in [-0.2, -0.15) is 0 Å². The molecule has 3 aromatic rings. The summed E-state index contributed by atoms with van der Waals surface area (Å²) in [5, 5.41) is 17.1. The first kappa shape index (κ1) is 48.5. The summed E-state index contributed by atoms with van der Waals surface area (Å²) in [4.78, 5) is 52.2. The van der Waals surface area contributed by atoms with Crippen LogP contribution in [0.2, 0.25) is 0 Å². The molecule has 3 aromatic heterocycles. The Labute approximate surface area is 380 Å². The number of methoxy groups -OCH3 is 1. The Morgan fingerprint density at radius 3 is 2.14 bits per heavy atom. The molecule has 0 spiro atoms. The minimum atomic E-state index is -1.13. The first-order chi connectivity index (χ1) is 30.6. The molecule has 5 N–H and O–H groups in total. The van der Waals surface area contributed by atoms with Crippen LogP contribution in [0.4, 0.5) is 0 Å². The highest BCUT2D eigenvalue weighted by Gasteiger charge is 2.49. The fourth-order valence-corrected chi connectivity index (χ4v) is 10.6. The molecule has 8 bridgehead atoms. The molecule has 2 aliphatic heterocycles. The molecular weight excluding hydrogens is 801 g/mol. The number of hydrogen-bond donors (Lipinski definition) is 5. The number of aliphatic hydroxyl groups is 1. The quantitative estimate of drug-likeness (QED) is 0.0461. The number of allylic oxidation sites excluding steroid dienone is 2. The van der Waals surface area contributed by atoms with Crippen LogP contribution in [0.15, 0.2) is 17.3 Å². The lowest BCUT2D eigenvalue weighted by Crippen LogP contribution is -2.38. The Balaban J connectivity index is 1.21. The Bertz CT molecular complexity index is 2510. The third-order valence-corrected chi connectivity index (χ3v) is 14.7. The van der Waals surface area contributed by atoms with Crippen LogP contribution in [0.3, 0.4) is 0 Å². The molecule has 1 saturated heterocycles. The largest absolute Gasteiger partial charge is 0.515 e. The second-order valence-corrected chi connectivity index (χ2v) is 19.8. The molecule has 0 saturated carbocycles. The van der Waals surface area contributed by atoms with Crippen molar-refractivity contribution in [1.29, 1.82) is 0 Å². The predicted octanol–water partition coefficient (Wildman–Crippen LogP) is 8.54. The molecule has 6 atom stereocenters. The van der Waals surface area contributed by atoms with E-state index in [1.54, 1.807) is 0 Å². The summed E-state index contributed by atoms with van der Waals surface area (Å²) in [5.74, 6) is -0.246. The maximum Gasteiger partial charge on any atom is 0.320 e. The molecule has 348 valence electrons. The number of fused-ring (bicyclic) bond motifs is 8. The van der Waals surface area contributed by atoms with Crippen LogP contribution in [0.5, 0.6) is 0 Å². The summed E-state index contributed by atoms with van der Waals surface area (Å²) in [7, 11) is 1.32. The van der Waals surface area contributed by atoms with E-state index in [0.29, 0.717) is 34.0 Å². The maximum absolute atomic E-state index is 14.4. The second-order valence-electron chi connectivity index (χ2n) is 19.8. The molecule has 1 unspecified atom stereocenters. The molecule has 3 aliphatic rings. The average molecular weight is 877 g/mol. The van der Waals surface area contributed by atoms with Crippen LogP contribution < -0.4 is 26.6 Å². The van der Waals surface area contributed by atoms with Crippen molar-refractivity contribution in [3.05, 3.63) is 83.5 Å². The lowest BCUT2D eigenvalue weighted by Gasteiger charge is -2.25. The zero-order valence-electron chi connectivity index (χ0n) is 40.6. The van der Waals surface area contributed by atoms with E-state index in [2.05, 4.69) is 81.7 Å². The Hall–Kier alpha value is -4.99. The van der Waals surface area contributed by atoms with Crippen LogP contribution in [0.25, 0.3) is 30.1 Å². The highest BCUT2D eigenvalue weighted by molar-refractivity contribution is 6.19. The van der Waals surface area contributed by atoms with Gasteiger partial charge in [0.25, 0.3) is 0 Å². The highest BCUT2D eigenvalue weighted by atomic mass is 16.5. The number of carbonyl (C=O) groups excluding carboxylic acids is 3. The monoisotopic (exact) mass is 877 g/mol. The number of carbonyl (C=O) groups is 3. The molecule has 10 heteroatoms. The fraction of sp³-hybridized carbons (Fsp3) is 0.574. The van der Waals surface area contributed by atoms with Crippen LogP contribution >= 0.6 is 0 Å². The molecule has 0 aromatic carbocycles. The van der Waals surface area contributed by atoms with Crippen LogP contribution in [-0.2, 0) is 25.5 Å². The minimum absolute atomic E-state index is 0.0974. The summed E-state index contributed by atoms with van der Waals surface area (Å²) in [6.45, 7) is 22.0. The van der Waals surface area contributed by atoms with Gasteiger partial charge in [0, 0.05) is 51.2 Å². The molecule has 1 aliphatic carbocycles. The first-order valence-corrected chi connectivity index (χ1v) is 24.2. The number of aromatic amines is 3. The number of hydrogen-bond acceptors (Lipinski definition) is 7. The minimum Gasteiger partial charge on any atom is -0.515 e. The standard InChI is InChI=1S/C54H76N4O6/c1-12-38-34(7)42-27-46-40(29-59)36(9)41(56-46)26-43-35(8)39(51(57-43)49-50(54(62)63-11)53(61)48-37(10)44(58-52(48)49)28-45(38)55-42)22-23-47(60)64-25-24-33(6)21-15-20-32(5)19-14-18-31(4)17-13-16-30(2)3/h24,26-32,35,39,50-51,55-59H,12-23,25H2,1-11H3/b33-24-,40-29+,43-26-,44-28-,46-27-/t31-,32-,35+,39+,50-,51?/m1/s1. The van der Waals surface area contributed by atoms with E-state index in [1.165, 1.54) is 57.6 Å². The van der Waals surface area contributed by atoms with Gasteiger partial charge in [-0.15, -0.1) is 0 Å². The molecule has 0 radical (unpaired) electrons. The lowest BCUT2D eigenvalue weighted by molar-refractivity contribution is -0.143.